The van der Waals surface area contributed by atoms with E-state index in [1.54, 1.807) is 0 Å². The predicted molar refractivity (Wildman–Crippen MR) is 95.0 cm³/mol. The average molecular weight is 440 g/mol. The van der Waals surface area contributed by atoms with Gasteiger partial charge in [-0.25, -0.2) is 8.42 Å². The first-order valence-electron chi connectivity index (χ1n) is 8.41. The maximum atomic E-state index is 13.0. The second-order valence-corrected chi connectivity index (χ2v) is 8.74. The normalized spacial score (nSPS) is 13.1. The molecule has 0 N–H and O–H groups in total. The van der Waals surface area contributed by atoms with Crippen LogP contribution in [0.5, 0.6) is 0 Å². The first-order chi connectivity index (χ1) is 13.3. The molecular weight excluding hydrogens is 422 g/mol. The highest BCUT2D eigenvalue weighted by molar-refractivity contribution is 7.90. The Bertz CT molecular complexity index is 878. The van der Waals surface area contributed by atoms with Gasteiger partial charge in [-0.15, -0.1) is 0 Å². The first kappa shape index (κ1) is 23.2. The van der Waals surface area contributed by atoms with E-state index < -0.39 is 39.4 Å². The Morgan fingerprint density at radius 3 is 1.69 bits per heavy atom. The SMILES string of the molecule is CS(=O)(=O)CCCOC(c1cccc(C(F)(F)F)c1)c1cccc(C(F)(F)F)c1. The van der Waals surface area contributed by atoms with E-state index in [1.807, 2.05) is 0 Å². The maximum Gasteiger partial charge on any atom is 0.416 e. The van der Waals surface area contributed by atoms with Gasteiger partial charge in [-0.2, -0.15) is 26.3 Å². The van der Waals surface area contributed by atoms with Crippen molar-refractivity contribution in [2.24, 2.45) is 0 Å². The summed E-state index contributed by atoms with van der Waals surface area (Å²) in [7, 11) is -3.28. The quantitative estimate of drug-likeness (QED) is 0.436. The van der Waals surface area contributed by atoms with Gasteiger partial charge in [-0.1, -0.05) is 24.3 Å². The van der Waals surface area contributed by atoms with Crippen LogP contribution in [0.25, 0.3) is 0 Å². The molecule has 0 aliphatic carbocycles. The molecular formula is C19H18F6O3S. The summed E-state index contributed by atoms with van der Waals surface area (Å²) in [5.41, 5.74) is -1.91. The van der Waals surface area contributed by atoms with Crippen LogP contribution in [-0.4, -0.2) is 27.0 Å². The Morgan fingerprint density at radius 2 is 1.31 bits per heavy atom. The van der Waals surface area contributed by atoms with Gasteiger partial charge in [0, 0.05) is 12.9 Å². The Kier molecular flexibility index (Phi) is 7.00. The third-order valence-corrected chi connectivity index (χ3v) is 5.01. The molecule has 160 valence electrons. The molecule has 2 rings (SSSR count). The van der Waals surface area contributed by atoms with E-state index >= 15 is 0 Å². The molecule has 0 saturated carbocycles. The van der Waals surface area contributed by atoms with Crippen LogP contribution in [0.1, 0.15) is 34.8 Å². The molecule has 0 aromatic heterocycles. The number of hydrogen-bond donors (Lipinski definition) is 0. The number of rotatable bonds is 7. The molecule has 0 unspecified atom stereocenters. The molecule has 0 spiro atoms. The predicted octanol–water partition coefficient (Wildman–Crippen LogP) is 5.26. The summed E-state index contributed by atoms with van der Waals surface area (Å²) in [5.74, 6) is -0.217. The van der Waals surface area contributed by atoms with Gasteiger partial charge in [0.05, 0.1) is 16.9 Å². The zero-order valence-electron chi connectivity index (χ0n) is 15.2. The molecule has 0 heterocycles. The number of benzene rings is 2. The zero-order chi connectivity index (χ0) is 21.9. The van der Waals surface area contributed by atoms with Gasteiger partial charge < -0.3 is 4.74 Å². The van der Waals surface area contributed by atoms with Gasteiger partial charge in [0.15, 0.2) is 0 Å². The second kappa shape index (κ2) is 8.74. The van der Waals surface area contributed by atoms with Gasteiger partial charge in [-0.05, 0) is 41.8 Å². The molecule has 0 aliphatic rings. The first-order valence-corrected chi connectivity index (χ1v) is 10.5. The lowest BCUT2D eigenvalue weighted by Gasteiger charge is -2.21. The lowest BCUT2D eigenvalue weighted by molar-refractivity contribution is -0.138. The molecule has 0 radical (unpaired) electrons. The van der Waals surface area contributed by atoms with E-state index in [0.29, 0.717) is 0 Å². The molecule has 0 atom stereocenters. The van der Waals surface area contributed by atoms with Crippen molar-refractivity contribution in [3.8, 4) is 0 Å². The lowest BCUT2D eigenvalue weighted by atomic mass is 9.97. The van der Waals surface area contributed by atoms with Gasteiger partial charge in [0.25, 0.3) is 0 Å². The van der Waals surface area contributed by atoms with E-state index in [0.717, 1.165) is 42.7 Å². The molecule has 29 heavy (non-hydrogen) atoms. The number of halogens is 6. The van der Waals surface area contributed by atoms with Crippen LogP contribution in [0.4, 0.5) is 26.3 Å². The zero-order valence-corrected chi connectivity index (χ0v) is 16.0. The molecule has 0 bridgehead atoms. The highest BCUT2D eigenvalue weighted by atomic mass is 32.2. The second-order valence-electron chi connectivity index (χ2n) is 6.48. The van der Waals surface area contributed by atoms with Gasteiger partial charge in [-0.3, -0.25) is 0 Å². The highest BCUT2D eigenvalue weighted by Crippen LogP contribution is 2.36. The summed E-state index contributed by atoms with van der Waals surface area (Å²) in [4.78, 5) is 0. The Balaban J connectivity index is 2.39. The molecule has 3 nitrogen and oxygen atoms in total. The molecule has 2 aromatic rings. The third kappa shape index (κ3) is 7.04. The van der Waals surface area contributed by atoms with Gasteiger partial charge in [0.1, 0.15) is 15.9 Å². The fourth-order valence-electron chi connectivity index (χ4n) is 2.66. The van der Waals surface area contributed by atoms with Crippen molar-refractivity contribution in [3.05, 3.63) is 70.8 Å². The number of sulfone groups is 1. The van der Waals surface area contributed by atoms with Crippen LogP contribution in [-0.2, 0) is 26.9 Å². The topological polar surface area (TPSA) is 43.4 Å². The van der Waals surface area contributed by atoms with E-state index in [4.69, 9.17) is 4.74 Å². The lowest BCUT2D eigenvalue weighted by Crippen LogP contribution is -2.14. The molecule has 0 saturated heterocycles. The van der Waals surface area contributed by atoms with Crippen molar-refractivity contribution in [1.82, 2.24) is 0 Å². The molecule has 0 fully saturated rings. The minimum atomic E-state index is -4.63. The fraction of sp³-hybridized carbons (Fsp3) is 0.368. The summed E-state index contributed by atoms with van der Waals surface area (Å²) in [6.07, 6.45) is -9.42. The molecule has 0 amide bonds. The fourth-order valence-corrected chi connectivity index (χ4v) is 3.31. The van der Waals surface area contributed by atoms with Crippen LogP contribution < -0.4 is 0 Å². The minimum absolute atomic E-state index is 0.0125. The molecule has 10 heteroatoms. The van der Waals surface area contributed by atoms with Crippen LogP contribution in [0, 0.1) is 0 Å². The number of ether oxygens (including phenoxy) is 1. The van der Waals surface area contributed by atoms with E-state index in [1.165, 1.54) is 12.1 Å². The summed E-state index contributed by atoms with van der Waals surface area (Å²) in [6.45, 7) is -0.162. The largest absolute Gasteiger partial charge is 0.416 e. The monoisotopic (exact) mass is 440 g/mol. The Labute approximate surface area is 164 Å². The minimum Gasteiger partial charge on any atom is -0.369 e. The van der Waals surface area contributed by atoms with Crippen molar-refractivity contribution < 1.29 is 39.5 Å². The Morgan fingerprint density at radius 1 is 0.862 bits per heavy atom. The Hall–Kier alpha value is -2.07. The van der Waals surface area contributed by atoms with Crippen LogP contribution in [0.3, 0.4) is 0 Å². The van der Waals surface area contributed by atoms with E-state index in [9.17, 15) is 34.8 Å². The number of hydrogen-bond acceptors (Lipinski definition) is 3. The van der Waals surface area contributed by atoms with Crippen molar-refractivity contribution in [2.45, 2.75) is 24.9 Å². The van der Waals surface area contributed by atoms with Crippen molar-refractivity contribution >= 4 is 9.84 Å². The highest BCUT2D eigenvalue weighted by Gasteiger charge is 2.33. The standard InChI is InChI=1S/C19H18F6O3S/c1-29(26,27)10-4-9-28-17(13-5-2-7-15(11-13)18(20,21)22)14-6-3-8-16(12-14)19(23,24)25/h2-3,5-8,11-12,17H,4,9-10H2,1H3. The maximum absolute atomic E-state index is 13.0. The summed E-state index contributed by atoms with van der Waals surface area (Å²) < 4.78 is 106. The summed E-state index contributed by atoms with van der Waals surface area (Å²) >= 11 is 0. The van der Waals surface area contributed by atoms with Gasteiger partial charge >= 0.3 is 12.4 Å². The molecule has 0 aliphatic heterocycles. The van der Waals surface area contributed by atoms with E-state index in [-0.39, 0.29) is 29.9 Å². The van der Waals surface area contributed by atoms with Crippen molar-refractivity contribution in [1.29, 1.82) is 0 Å². The van der Waals surface area contributed by atoms with Gasteiger partial charge in [0.2, 0.25) is 0 Å². The summed E-state index contributed by atoms with van der Waals surface area (Å²) in [5, 5.41) is 0. The van der Waals surface area contributed by atoms with E-state index in [2.05, 4.69) is 0 Å². The summed E-state index contributed by atoms with van der Waals surface area (Å²) in [6, 6.07) is 8.21. The van der Waals surface area contributed by atoms with Crippen LogP contribution in [0.2, 0.25) is 0 Å². The van der Waals surface area contributed by atoms with Crippen LogP contribution in [0.15, 0.2) is 48.5 Å². The van der Waals surface area contributed by atoms with Crippen LogP contribution >= 0.6 is 0 Å². The number of alkyl halides is 6. The van der Waals surface area contributed by atoms with Crippen molar-refractivity contribution in [2.75, 3.05) is 18.6 Å². The average Bonchev–Trinajstić information content (AvgIpc) is 2.59. The molecule has 2 aromatic carbocycles. The smallest absolute Gasteiger partial charge is 0.369 e. The van der Waals surface area contributed by atoms with Crippen molar-refractivity contribution in [3.63, 3.8) is 0 Å². The third-order valence-electron chi connectivity index (χ3n) is 3.98.